The average molecular weight is 372 g/mol. The van der Waals surface area contributed by atoms with Crippen LogP contribution < -0.4 is 10.1 Å². The summed E-state index contributed by atoms with van der Waals surface area (Å²) < 4.78 is 12.8. The first-order chi connectivity index (χ1) is 12.7. The van der Waals surface area contributed by atoms with Gasteiger partial charge < -0.3 is 14.5 Å². The molecule has 0 spiro atoms. The molecule has 3 rings (SSSR count). The maximum absolute atomic E-state index is 12.3. The molecule has 0 saturated heterocycles. The van der Waals surface area contributed by atoms with E-state index in [0.717, 1.165) is 0 Å². The Balaban J connectivity index is 1.65. The number of thioether (sulfide) groups is 1. The van der Waals surface area contributed by atoms with Crippen molar-refractivity contribution in [3.8, 4) is 17.3 Å². The maximum atomic E-state index is 12.3. The zero-order valence-electron chi connectivity index (χ0n) is 14.6. The molecule has 1 amide bonds. The molecule has 0 atom stereocenters. The van der Waals surface area contributed by atoms with Crippen LogP contribution in [0.1, 0.15) is 13.8 Å². The van der Waals surface area contributed by atoms with Crippen LogP contribution in [0.5, 0.6) is 5.75 Å². The number of benzene rings is 1. The summed E-state index contributed by atoms with van der Waals surface area (Å²) in [6.07, 6.45) is 1.60. The second-order valence-electron chi connectivity index (χ2n) is 5.29. The third kappa shape index (κ3) is 4.08. The molecule has 0 fully saturated rings. The highest BCUT2D eigenvalue weighted by molar-refractivity contribution is 7.99. The number of nitrogens with one attached hydrogen (secondary N) is 1. The van der Waals surface area contributed by atoms with Crippen molar-refractivity contribution < 1.29 is 13.9 Å². The number of nitrogens with zero attached hydrogens (tertiary/aromatic N) is 3. The van der Waals surface area contributed by atoms with E-state index in [0.29, 0.717) is 41.3 Å². The van der Waals surface area contributed by atoms with E-state index in [1.54, 1.807) is 12.3 Å². The van der Waals surface area contributed by atoms with Gasteiger partial charge in [0.1, 0.15) is 5.75 Å². The van der Waals surface area contributed by atoms with Gasteiger partial charge in [-0.1, -0.05) is 23.9 Å². The minimum atomic E-state index is -0.132. The fourth-order valence-corrected chi connectivity index (χ4v) is 3.24. The van der Waals surface area contributed by atoms with Crippen molar-refractivity contribution in [2.24, 2.45) is 0 Å². The molecular weight excluding hydrogens is 352 g/mol. The van der Waals surface area contributed by atoms with E-state index in [2.05, 4.69) is 15.5 Å². The molecule has 1 N–H and O–H groups in total. The zero-order valence-corrected chi connectivity index (χ0v) is 15.5. The van der Waals surface area contributed by atoms with Crippen molar-refractivity contribution in [3.05, 3.63) is 42.7 Å². The summed E-state index contributed by atoms with van der Waals surface area (Å²) in [6.45, 7) is 5.12. The summed E-state index contributed by atoms with van der Waals surface area (Å²) >= 11 is 1.33. The van der Waals surface area contributed by atoms with Crippen LogP contribution in [0.3, 0.4) is 0 Å². The topological polar surface area (TPSA) is 82.2 Å². The summed E-state index contributed by atoms with van der Waals surface area (Å²) in [5.74, 6) is 2.05. The van der Waals surface area contributed by atoms with Gasteiger partial charge in [0.25, 0.3) is 0 Å². The van der Waals surface area contributed by atoms with Gasteiger partial charge in [0, 0.05) is 6.54 Å². The Labute approximate surface area is 155 Å². The van der Waals surface area contributed by atoms with E-state index in [1.807, 2.05) is 48.7 Å². The first-order valence-corrected chi connectivity index (χ1v) is 9.33. The molecule has 2 aromatic heterocycles. The van der Waals surface area contributed by atoms with Gasteiger partial charge in [-0.15, -0.1) is 10.2 Å². The van der Waals surface area contributed by atoms with Crippen molar-refractivity contribution in [2.75, 3.05) is 17.7 Å². The first-order valence-electron chi connectivity index (χ1n) is 8.34. The molecule has 2 heterocycles. The Hall–Kier alpha value is -2.74. The molecule has 1 aromatic carbocycles. The Morgan fingerprint density at radius 2 is 2.08 bits per heavy atom. The van der Waals surface area contributed by atoms with Gasteiger partial charge in [0.15, 0.2) is 16.7 Å². The molecule has 0 radical (unpaired) electrons. The first kappa shape index (κ1) is 18.1. The second kappa shape index (κ2) is 8.57. The largest absolute Gasteiger partial charge is 0.492 e. The van der Waals surface area contributed by atoms with Crippen LogP contribution >= 0.6 is 11.8 Å². The van der Waals surface area contributed by atoms with E-state index in [-0.39, 0.29) is 11.7 Å². The van der Waals surface area contributed by atoms with Crippen molar-refractivity contribution in [3.63, 3.8) is 0 Å². The number of hydrogen-bond acceptors (Lipinski definition) is 6. The third-order valence-electron chi connectivity index (χ3n) is 3.57. The fraction of sp³-hybridized carbons (Fsp3) is 0.278. The lowest BCUT2D eigenvalue weighted by atomic mass is 10.3. The van der Waals surface area contributed by atoms with Gasteiger partial charge in [0.05, 0.1) is 24.3 Å². The third-order valence-corrected chi connectivity index (χ3v) is 4.53. The fourth-order valence-electron chi connectivity index (χ4n) is 2.44. The molecule has 26 heavy (non-hydrogen) atoms. The van der Waals surface area contributed by atoms with Crippen LogP contribution in [-0.2, 0) is 11.3 Å². The summed E-state index contributed by atoms with van der Waals surface area (Å²) in [7, 11) is 0. The lowest BCUT2D eigenvalue weighted by Crippen LogP contribution is -2.15. The highest BCUT2D eigenvalue weighted by atomic mass is 32.2. The molecule has 0 bridgehead atoms. The minimum absolute atomic E-state index is 0.132. The van der Waals surface area contributed by atoms with Gasteiger partial charge in [0.2, 0.25) is 5.91 Å². The zero-order chi connectivity index (χ0) is 18.4. The molecule has 0 aliphatic rings. The van der Waals surface area contributed by atoms with Crippen LogP contribution in [0.4, 0.5) is 5.69 Å². The number of carbonyl (C=O) groups excluding carboxylic acids is 1. The molecule has 8 heteroatoms. The number of anilines is 1. The van der Waals surface area contributed by atoms with E-state index in [4.69, 9.17) is 9.15 Å². The van der Waals surface area contributed by atoms with Crippen LogP contribution in [0, 0.1) is 0 Å². The number of rotatable bonds is 8. The standard InChI is InChI=1S/C18H20N4O3S/c1-3-22-17(15-10-7-11-25-15)20-21-18(22)26-12-16(23)19-13-8-5-6-9-14(13)24-4-2/h5-11H,3-4,12H2,1-2H3,(H,19,23). The predicted molar refractivity (Wildman–Crippen MR) is 100 cm³/mol. The quantitative estimate of drug-likeness (QED) is 0.607. The Kier molecular flexibility index (Phi) is 5.96. The normalized spacial score (nSPS) is 10.7. The molecule has 0 saturated carbocycles. The Bertz CT molecular complexity index is 861. The van der Waals surface area contributed by atoms with Crippen molar-refractivity contribution in [2.45, 2.75) is 25.5 Å². The maximum Gasteiger partial charge on any atom is 0.234 e. The number of hydrogen-bond donors (Lipinski definition) is 1. The van der Waals surface area contributed by atoms with Gasteiger partial charge in [-0.2, -0.15) is 0 Å². The molecule has 0 unspecified atom stereocenters. The van der Waals surface area contributed by atoms with Gasteiger partial charge >= 0.3 is 0 Å². The average Bonchev–Trinajstić information content (AvgIpc) is 3.30. The highest BCUT2D eigenvalue weighted by Crippen LogP contribution is 2.26. The Morgan fingerprint density at radius 3 is 2.81 bits per heavy atom. The second-order valence-corrected chi connectivity index (χ2v) is 6.24. The summed E-state index contributed by atoms with van der Waals surface area (Å²) in [5.41, 5.74) is 0.660. The highest BCUT2D eigenvalue weighted by Gasteiger charge is 2.16. The number of ether oxygens (including phenoxy) is 1. The van der Waals surface area contributed by atoms with Crippen LogP contribution in [0.2, 0.25) is 0 Å². The van der Waals surface area contributed by atoms with E-state index < -0.39 is 0 Å². The molecular formula is C18H20N4O3S. The van der Waals surface area contributed by atoms with Crippen LogP contribution in [0.25, 0.3) is 11.6 Å². The number of amides is 1. The van der Waals surface area contributed by atoms with E-state index in [9.17, 15) is 4.79 Å². The van der Waals surface area contributed by atoms with Crippen molar-refractivity contribution in [1.29, 1.82) is 0 Å². The molecule has 136 valence electrons. The van der Waals surface area contributed by atoms with E-state index in [1.165, 1.54) is 11.8 Å². The van der Waals surface area contributed by atoms with Gasteiger partial charge in [-0.05, 0) is 38.1 Å². The monoisotopic (exact) mass is 372 g/mol. The molecule has 0 aliphatic heterocycles. The molecule has 3 aromatic rings. The Morgan fingerprint density at radius 1 is 1.23 bits per heavy atom. The van der Waals surface area contributed by atoms with Crippen LogP contribution in [0.15, 0.2) is 52.2 Å². The van der Waals surface area contributed by atoms with Crippen LogP contribution in [-0.4, -0.2) is 33.0 Å². The summed E-state index contributed by atoms with van der Waals surface area (Å²) in [6, 6.07) is 11.0. The van der Waals surface area contributed by atoms with Gasteiger partial charge in [-0.3, -0.25) is 9.36 Å². The number of para-hydroxylation sites is 2. The number of aromatic nitrogens is 3. The van der Waals surface area contributed by atoms with Gasteiger partial charge in [-0.25, -0.2) is 0 Å². The lowest BCUT2D eigenvalue weighted by molar-refractivity contribution is -0.113. The predicted octanol–water partition coefficient (Wildman–Crippen LogP) is 3.69. The van der Waals surface area contributed by atoms with Crippen molar-refractivity contribution >= 4 is 23.4 Å². The smallest absolute Gasteiger partial charge is 0.234 e. The number of furan rings is 1. The number of carbonyl (C=O) groups is 1. The van der Waals surface area contributed by atoms with E-state index >= 15 is 0 Å². The molecule has 0 aliphatic carbocycles. The summed E-state index contributed by atoms with van der Waals surface area (Å²) in [5, 5.41) is 11.9. The SMILES string of the molecule is CCOc1ccccc1NC(=O)CSc1nnc(-c2ccco2)n1CC. The molecule has 7 nitrogen and oxygen atoms in total. The lowest BCUT2D eigenvalue weighted by Gasteiger charge is -2.11. The summed E-state index contributed by atoms with van der Waals surface area (Å²) in [4.78, 5) is 12.3. The minimum Gasteiger partial charge on any atom is -0.492 e. The van der Waals surface area contributed by atoms with Crippen molar-refractivity contribution in [1.82, 2.24) is 14.8 Å².